The van der Waals surface area contributed by atoms with E-state index in [0.29, 0.717) is 13.1 Å². The Bertz CT molecular complexity index is 1280. The summed E-state index contributed by atoms with van der Waals surface area (Å²) in [6, 6.07) is 0.306. The highest BCUT2D eigenvalue weighted by Gasteiger charge is 2.62. The zero-order valence-electron chi connectivity index (χ0n) is 20.2. The van der Waals surface area contributed by atoms with Crippen molar-refractivity contribution in [2.45, 2.75) is 37.3 Å². The van der Waals surface area contributed by atoms with Gasteiger partial charge in [0.15, 0.2) is 17.2 Å². The van der Waals surface area contributed by atoms with E-state index in [2.05, 4.69) is 6.58 Å². The van der Waals surface area contributed by atoms with Crippen molar-refractivity contribution >= 4 is 23.1 Å². The van der Waals surface area contributed by atoms with Gasteiger partial charge < -0.3 is 31.1 Å². The van der Waals surface area contributed by atoms with E-state index in [1.54, 1.807) is 19.0 Å². The summed E-state index contributed by atoms with van der Waals surface area (Å²) in [7, 11) is 3.25. The molecule has 0 aromatic heterocycles. The molecule has 1 amide bonds. The number of aliphatic hydroxyl groups is 3. The van der Waals surface area contributed by atoms with Gasteiger partial charge in [-0.05, 0) is 45.7 Å². The zero-order valence-corrected chi connectivity index (χ0v) is 20.2. The molecule has 0 radical (unpaired) electrons. The number of phenols is 1. The molecule has 2 unspecified atom stereocenters. The molecule has 10 heteroatoms. The van der Waals surface area contributed by atoms with Crippen LogP contribution in [0.15, 0.2) is 35.1 Å². The highest BCUT2D eigenvalue weighted by atomic mass is 19.1. The van der Waals surface area contributed by atoms with E-state index in [9.17, 15) is 30.0 Å². The summed E-state index contributed by atoms with van der Waals surface area (Å²) in [4.78, 5) is 29.4. The van der Waals surface area contributed by atoms with Crippen molar-refractivity contribution in [1.29, 1.82) is 0 Å². The molecule has 4 aliphatic rings. The minimum atomic E-state index is -2.34. The molecular formula is C26H30FN3O6. The van der Waals surface area contributed by atoms with Gasteiger partial charge >= 0.3 is 0 Å². The first kappa shape index (κ1) is 24.3. The first-order chi connectivity index (χ1) is 16.9. The van der Waals surface area contributed by atoms with Crippen LogP contribution in [0.1, 0.15) is 30.4 Å². The minimum Gasteiger partial charge on any atom is -0.510 e. The Balaban J connectivity index is 1.69. The van der Waals surface area contributed by atoms with Crippen LogP contribution < -0.4 is 10.6 Å². The van der Waals surface area contributed by atoms with Crippen molar-refractivity contribution in [2.24, 2.45) is 17.6 Å². The number of benzene rings is 1. The Morgan fingerprint density at radius 1 is 1.25 bits per heavy atom. The van der Waals surface area contributed by atoms with Crippen molar-refractivity contribution in [3.05, 3.63) is 52.1 Å². The third-order valence-corrected chi connectivity index (χ3v) is 8.27. The number of aliphatic hydroxyl groups excluding tert-OH is 2. The quantitative estimate of drug-likeness (QED) is 0.422. The van der Waals surface area contributed by atoms with E-state index >= 15 is 4.39 Å². The number of ketones is 1. The normalized spacial score (nSPS) is 30.0. The molecule has 9 nitrogen and oxygen atoms in total. The highest BCUT2D eigenvalue weighted by Crippen LogP contribution is 2.55. The van der Waals surface area contributed by atoms with Crippen LogP contribution >= 0.6 is 0 Å². The maximum Gasteiger partial charge on any atom is 0.252 e. The van der Waals surface area contributed by atoms with Gasteiger partial charge in [0.05, 0.1) is 22.9 Å². The zero-order chi connectivity index (χ0) is 26.3. The van der Waals surface area contributed by atoms with Crippen LogP contribution in [0.3, 0.4) is 0 Å². The van der Waals surface area contributed by atoms with E-state index in [0.717, 1.165) is 12.8 Å². The van der Waals surface area contributed by atoms with Gasteiger partial charge in [0.2, 0.25) is 0 Å². The van der Waals surface area contributed by atoms with E-state index in [-0.39, 0.29) is 46.6 Å². The van der Waals surface area contributed by atoms with E-state index in [1.165, 1.54) is 6.07 Å². The molecule has 0 bridgehead atoms. The number of halogens is 1. The lowest BCUT2D eigenvalue weighted by Crippen LogP contribution is -2.63. The third-order valence-electron chi connectivity index (χ3n) is 8.27. The lowest BCUT2D eigenvalue weighted by Gasteiger charge is -2.52. The van der Waals surface area contributed by atoms with Crippen molar-refractivity contribution < 1.29 is 34.4 Å². The second-order valence-electron chi connectivity index (χ2n) is 10.4. The molecule has 0 spiro atoms. The van der Waals surface area contributed by atoms with Gasteiger partial charge in [-0.1, -0.05) is 6.58 Å². The first-order valence-electron chi connectivity index (χ1n) is 12.0. The van der Waals surface area contributed by atoms with Gasteiger partial charge in [0.1, 0.15) is 17.3 Å². The van der Waals surface area contributed by atoms with Crippen LogP contribution in [0.4, 0.5) is 10.1 Å². The third kappa shape index (κ3) is 3.07. The minimum absolute atomic E-state index is 0.00783. The number of nitrogens with two attached hydrogens (primary N) is 1. The number of hydrogen-bond acceptors (Lipinski definition) is 8. The van der Waals surface area contributed by atoms with Crippen LogP contribution in [0.5, 0.6) is 5.75 Å². The van der Waals surface area contributed by atoms with Gasteiger partial charge in [0, 0.05) is 41.8 Å². The predicted molar refractivity (Wildman–Crippen MR) is 130 cm³/mol. The van der Waals surface area contributed by atoms with Crippen LogP contribution in [0.25, 0.3) is 5.76 Å². The number of primary amides is 1. The molecular weight excluding hydrogens is 469 g/mol. The smallest absolute Gasteiger partial charge is 0.252 e. The number of Topliss-reactive ketones (excluding diaryl/α,β-unsaturated/α-hetero) is 1. The predicted octanol–water partition coefficient (Wildman–Crippen LogP) is 1.69. The molecule has 4 atom stereocenters. The van der Waals surface area contributed by atoms with Gasteiger partial charge in [0.25, 0.3) is 5.91 Å². The lowest BCUT2D eigenvalue weighted by atomic mass is 9.56. The van der Waals surface area contributed by atoms with Crippen LogP contribution in [-0.4, -0.2) is 75.8 Å². The van der Waals surface area contributed by atoms with Gasteiger partial charge in [-0.25, -0.2) is 4.39 Å². The molecule has 6 N–H and O–H groups in total. The number of nitrogens with zero attached hydrogens (tertiary/aromatic N) is 2. The van der Waals surface area contributed by atoms with Crippen molar-refractivity contribution in [3.63, 3.8) is 0 Å². The second kappa shape index (κ2) is 8.07. The van der Waals surface area contributed by atoms with E-state index in [4.69, 9.17) is 5.73 Å². The largest absolute Gasteiger partial charge is 0.510 e. The van der Waals surface area contributed by atoms with Crippen molar-refractivity contribution in [3.8, 4) is 5.75 Å². The summed E-state index contributed by atoms with van der Waals surface area (Å²) < 4.78 is 15.8. The fourth-order valence-electron chi connectivity index (χ4n) is 6.63. The number of rotatable bonds is 3. The van der Waals surface area contributed by atoms with E-state index in [1.807, 2.05) is 4.90 Å². The topological polar surface area (TPSA) is 148 Å². The van der Waals surface area contributed by atoms with Crippen LogP contribution in [0.2, 0.25) is 0 Å². The van der Waals surface area contributed by atoms with Crippen LogP contribution in [-0.2, 0) is 16.0 Å². The molecule has 5 rings (SSSR count). The fourth-order valence-corrected chi connectivity index (χ4v) is 6.63. The average Bonchev–Trinajstić information content (AvgIpc) is 3.32. The first-order valence-corrected chi connectivity index (χ1v) is 12.0. The standard InChI is InChI=1S/C26H30FN3O6/c1-11-17(25(28)35)23(33)21(29(2)3)14-9-12-8-13-19(22(32)18(12)24(34)26(11,14)36)16(31)10-15(20(13)27)30-6-4-5-7-30/h10,12,14,21,31-33,36H,1,4-9H2,2-3H3,(H2,28,35)/t12?,14?,21-,26-/m0/s1. The van der Waals surface area contributed by atoms with Crippen molar-refractivity contribution in [1.82, 2.24) is 4.90 Å². The maximum absolute atomic E-state index is 15.8. The average molecular weight is 500 g/mol. The molecule has 1 aliphatic heterocycles. The number of phenolic OH excluding ortho intramolecular Hbond substituents is 1. The van der Waals surface area contributed by atoms with Crippen LogP contribution in [0, 0.1) is 17.7 Å². The number of fused-ring (bicyclic) bond motifs is 3. The van der Waals surface area contributed by atoms with Gasteiger partial charge in [-0.2, -0.15) is 0 Å². The SMILES string of the molecule is C=C1C(C(N)=O)=C(O)[C@@H](N(C)C)C2CC3Cc4c(F)c(N5CCCC5)cc(O)c4C(O)=C3C(=O)[C@]12O. The molecule has 1 aromatic carbocycles. The molecule has 1 saturated heterocycles. The molecule has 2 fully saturated rings. The maximum atomic E-state index is 15.8. The molecule has 1 heterocycles. The summed E-state index contributed by atoms with van der Waals surface area (Å²) in [5.74, 6) is -5.51. The number of likely N-dealkylation sites (N-methyl/N-ethyl adjacent to an activating group) is 1. The number of anilines is 1. The Hall–Kier alpha value is -3.37. The Kier molecular flexibility index (Phi) is 5.46. The van der Waals surface area contributed by atoms with Gasteiger partial charge in [-0.3, -0.25) is 14.5 Å². The Morgan fingerprint density at radius 3 is 2.47 bits per heavy atom. The number of amides is 1. The van der Waals surface area contributed by atoms with Crippen molar-refractivity contribution in [2.75, 3.05) is 32.1 Å². The monoisotopic (exact) mass is 499 g/mol. The lowest BCUT2D eigenvalue weighted by molar-refractivity contribution is -0.143. The summed E-state index contributed by atoms with van der Waals surface area (Å²) in [5, 5.41) is 44.7. The Morgan fingerprint density at radius 2 is 1.89 bits per heavy atom. The summed E-state index contributed by atoms with van der Waals surface area (Å²) >= 11 is 0. The molecule has 1 aromatic rings. The second-order valence-corrected chi connectivity index (χ2v) is 10.4. The fraction of sp³-hybridized carbons (Fsp3) is 0.462. The number of carbonyl (C=O) groups excluding carboxylic acids is 2. The summed E-state index contributed by atoms with van der Waals surface area (Å²) in [6.07, 6.45) is 1.90. The molecule has 3 aliphatic carbocycles. The summed E-state index contributed by atoms with van der Waals surface area (Å²) in [5.41, 5.74) is 2.38. The number of carbonyl (C=O) groups is 2. The molecule has 36 heavy (non-hydrogen) atoms. The number of hydrogen-bond donors (Lipinski definition) is 5. The molecule has 192 valence electrons. The Labute approximate surface area is 207 Å². The molecule has 1 saturated carbocycles. The van der Waals surface area contributed by atoms with E-state index < -0.39 is 58.1 Å². The number of aromatic hydroxyl groups is 1. The highest BCUT2D eigenvalue weighted by molar-refractivity contribution is 6.13. The summed E-state index contributed by atoms with van der Waals surface area (Å²) in [6.45, 7) is 5.04. The van der Waals surface area contributed by atoms with Gasteiger partial charge in [-0.15, -0.1) is 0 Å².